The minimum Gasteiger partial charge on any atom is -0.497 e. The number of esters is 1. The Bertz CT molecular complexity index is 1330. The Balaban J connectivity index is 1.28. The fourth-order valence-corrected chi connectivity index (χ4v) is 5.04. The van der Waals surface area contributed by atoms with Gasteiger partial charge in [0.2, 0.25) is 11.6 Å². The van der Waals surface area contributed by atoms with Crippen molar-refractivity contribution in [3.63, 3.8) is 0 Å². The highest BCUT2D eigenvalue weighted by Crippen LogP contribution is 2.49. The fourth-order valence-electron chi connectivity index (χ4n) is 5.04. The van der Waals surface area contributed by atoms with E-state index >= 15 is 0 Å². The molecule has 3 aromatic rings. The first-order valence-electron chi connectivity index (χ1n) is 11.6. The van der Waals surface area contributed by atoms with Crippen LogP contribution in [0.4, 0.5) is 5.69 Å². The summed E-state index contributed by atoms with van der Waals surface area (Å²) in [6.07, 6.45) is 1.93. The van der Waals surface area contributed by atoms with E-state index in [-0.39, 0.29) is 37.3 Å². The van der Waals surface area contributed by atoms with Crippen LogP contribution in [0.2, 0.25) is 0 Å². The van der Waals surface area contributed by atoms with Gasteiger partial charge < -0.3 is 18.9 Å². The zero-order valence-electron chi connectivity index (χ0n) is 19.1. The predicted molar refractivity (Wildman–Crippen MR) is 123 cm³/mol. The van der Waals surface area contributed by atoms with Crippen LogP contribution >= 0.6 is 0 Å². The number of rotatable bonds is 6. The quantitative estimate of drug-likeness (QED) is 0.505. The summed E-state index contributed by atoms with van der Waals surface area (Å²) in [5, 5.41) is 4.07. The molecule has 1 saturated carbocycles. The Morgan fingerprint density at radius 3 is 2.66 bits per heavy atom. The number of aromatic nitrogens is 1. The number of hydrogen-bond donors (Lipinski definition) is 0. The van der Waals surface area contributed by atoms with Crippen molar-refractivity contribution in [1.29, 1.82) is 0 Å². The maximum absolute atomic E-state index is 13.7. The van der Waals surface area contributed by atoms with Crippen molar-refractivity contribution in [2.45, 2.75) is 44.0 Å². The molecule has 3 aliphatic rings. The van der Waals surface area contributed by atoms with Crippen molar-refractivity contribution in [1.82, 2.24) is 10.1 Å². The molecule has 2 fully saturated rings. The van der Waals surface area contributed by atoms with Crippen molar-refractivity contribution < 1.29 is 28.4 Å². The molecule has 1 saturated heterocycles. The SMILES string of the molecule is COc1ccc(-c2cc(COC(=O)[C@]34CCC(=O)N3c3ccccc3C(=O)N4C3CC3)on2)cc1. The number of carbonyl (C=O) groups excluding carboxylic acids is 3. The summed E-state index contributed by atoms with van der Waals surface area (Å²) < 4.78 is 16.3. The smallest absolute Gasteiger partial charge is 0.354 e. The normalized spacial score (nSPS) is 21.1. The van der Waals surface area contributed by atoms with E-state index in [4.69, 9.17) is 14.0 Å². The topological polar surface area (TPSA) is 102 Å². The zero-order chi connectivity index (χ0) is 24.2. The van der Waals surface area contributed by atoms with Crippen LogP contribution in [0.5, 0.6) is 5.75 Å². The summed E-state index contributed by atoms with van der Waals surface area (Å²) in [5.74, 6) is 0.00375. The van der Waals surface area contributed by atoms with E-state index in [0.717, 1.165) is 24.2 Å². The molecule has 9 heteroatoms. The van der Waals surface area contributed by atoms with Gasteiger partial charge in [0, 0.05) is 30.5 Å². The number of carbonyl (C=O) groups is 3. The highest BCUT2D eigenvalue weighted by atomic mass is 16.6. The van der Waals surface area contributed by atoms with Crippen LogP contribution in [-0.2, 0) is 20.9 Å². The first-order chi connectivity index (χ1) is 17.0. The van der Waals surface area contributed by atoms with Crippen molar-refractivity contribution in [2.75, 3.05) is 12.0 Å². The first kappa shape index (κ1) is 21.4. The molecule has 0 spiro atoms. The number of amides is 2. The Hall–Kier alpha value is -4.14. The summed E-state index contributed by atoms with van der Waals surface area (Å²) in [6.45, 7) is -0.167. The Labute approximate surface area is 201 Å². The van der Waals surface area contributed by atoms with Crippen LogP contribution in [0.25, 0.3) is 11.3 Å². The number of ether oxygens (including phenoxy) is 2. The Morgan fingerprint density at radius 2 is 1.91 bits per heavy atom. The van der Waals surface area contributed by atoms with E-state index in [0.29, 0.717) is 22.7 Å². The number of nitrogens with zero attached hydrogens (tertiary/aromatic N) is 3. The molecule has 0 unspecified atom stereocenters. The summed E-state index contributed by atoms with van der Waals surface area (Å²) >= 11 is 0. The van der Waals surface area contributed by atoms with Gasteiger partial charge in [-0.15, -0.1) is 0 Å². The van der Waals surface area contributed by atoms with Gasteiger partial charge in [-0.05, 0) is 49.2 Å². The van der Waals surface area contributed by atoms with Crippen molar-refractivity contribution in [3.8, 4) is 17.0 Å². The standard InChI is InChI=1S/C26H23N3O6/c1-33-18-10-6-16(7-11-18)21-14-19(35-27-21)15-34-25(32)26-13-12-23(30)29(26)22-5-3-2-4-20(22)24(31)28(26)17-8-9-17/h2-7,10-11,14,17H,8-9,12-13,15H2,1H3/t26-/m0/s1. The highest BCUT2D eigenvalue weighted by molar-refractivity contribution is 6.15. The number of para-hydroxylation sites is 1. The second-order valence-electron chi connectivity index (χ2n) is 8.95. The number of anilines is 1. The molecule has 1 atom stereocenters. The molecule has 9 nitrogen and oxygen atoms in total. The van der Waals surface area contributed by atoms with Crippen LogP contribution in [-0.4, -0.2) is 46.7 Å². The maximum atomic E-state index is 13.7. The van der Waals surface area contributed by atoms with Crippen molar-refractivity contribution in [2.24, 2.45) is 0 Å². The number of benzene rings is 2. The number of methoxy groups -OCH3 is 1. The molecule has 6 rings (SSSR count). The molecule has 1 aromatic heterocycles. The summed E-state index contributed by atoms with van der Waals surface area (Å²) in [7, 11) is 1.60. The zero-order valence-corrected chi connectivity index (χ0v) is 19.1. The van der Waals surface area contributed by atoms with E-state index in [2.05, 4.69) is 5.16 Å². The molecule has 2 aromatic carbocycles. The van der Waals surface area contributed by atoms with Crippen LogP contribution in [0.1, 0.15) is 41.8 Å². The molecule has 2 amide bonds. The van der Waals surface area contributed by atoms with Crippen LogP contribution < -0.4 is 9.64 Å². The van der Waals surface area contributed by atoms with Gasteiger partial charge in [0.05, 0.1) is 18.4 Å². The Kier molecular flexibility index (Phi) is 4.87. The van der Waals surface area contributed by atoms with Gasteiger partial charge in [0.25, 0.3) is 5.91 Å². The van der Waals surface area contributed by atoms with E-state index in [1.54, 1.807) is 42.3 Å². The molecule has 2 aliphatic heterocycles. The average Bonchev–Trinajstić information content (AvgIpc) is 3.49. The van der Waals surface area contributed by atoms with Crippen LogP contribution in [0.15, 0.2) is 59.1 Å². The van der Waals surface area contributed by atoms with E-state index in [1.807, 2.05) is 24.3 Å². The molecule has 35 heavy (non-hydrogen) atoms. The van der Waals surface area contributed by atoms with Crippen LogP contribution in [0.3, 0.4) is 0 Å². The lowest BCUT2D eigenvalue weighted by Crippen LogP contribution is -2.69. The van der Waals surface area contributed by atoms with Gasteiger partial charge in [-0.3, -0.25) is 14.5 Å². The maximum Gasteiger partial charge on any atom is 0.354 e. The molecule has 0 radical (unpaired) electrons. The van der Waals surface area contributed by atoms with Gasteiger partial charge in [-0.2, -0.15) is 0 Å². The third-order valence-electron chi connectivity index (χ3n) is 6.83. The molecule has 0 N–H and O–H groups in total. The number of hydrogen-bond acceptors (Lipinski definition) is 7. The minimum atomic E-state index is -1.48. The van der Waals surface area contributed by atoms with Crippen LogP contribution in [0, 0.1) is 0 Å². The third kappa shape index (κ3) is 3.30. The van der Waals surface area contributed by atoms with Gasteiger partial charge in [-0.1, -0.05) is 17.3 Å². The predicted octanol–water partition coefficient (Wildman–Crippen LogP) is 3.53. The monoisotopic (exact) mass is 473 g/mol. The summed E-state index contributed by atoms with van der Waals surface area (Å²) in [5.41, 5.74) is 0.819. The number of fused-ring (bicyclic) bond motifs is 3. The first-order valence-corrected chi connectivity index (χ1v) is 11.6. The second kappa shape index (κ2) is 7.97. The Morgan fingerprint density at radius 1 is 1.14 bits per heavy atom. The second-order valence-corrected chi connectivity index (χ2v) is 8.95. The van der Waals surface area contributed by atoms with Gasteiger partial charge in [-0.25, -0.2) is 4.79 Å². The van der Waals surface area contributed by atoms with Crippen molar-refractivity contribution >= 4 is 23.5 Å². The average molecular weight is 473 g/mol. The fraction of sp³-hybridized carbons (Fsp3) is 0.308. The van der Waals surface area contributed by atoms with Gasteiger partial charge in [0.15, 0.2) is 12.4 Å². The summed E-state index contributed by atoms with van der Waals surface area (Å²) in [6, 6.07) is 15.9. The minimum absolute atomic E-state index is 0.0937. The highest BCUT2D eigenvalue weighted by Gasteiger charge is 2.64. The van der Waals surface area contributed by atoms with Gasteiger partial charge in [0.1, 0.15) is 11.4 Å². The lowest BCUT2D eigenvalue weighted by atomic mass is 9.96. The third-order valence-corrected chi connectivity index (χ3v) is 6.83. The molecular weight excluding hydrogens is 450 g/mol. The largest absolute Gasteiger partial charge is 0.497 e. The molecular formula is C26H23N3O6. The van der Waals surface area contributed by atoms with Crippen molar-refractivity contribution in [3.05, 3.63) is 65.9 Å². The molecule has 1 aliphatic carbocycles. The van der Waals surface area contributed by atoms with E-state index in [9.17, 15) is 14.4 Å². The van der Waals surface area contributed by atoms with Gasteiger partial charge >= 0.3 is 5.97 Å². The molecule has 178 valence electrons. The molecule has 0 bridgehead atoms. The molecule has 3 heterocycles. The van der Waals surface area contributed by atoms with E-state index in [1.165, 1.54) is 4.90 Å². The summed E-state index contributed by atoms with van der Waals surface area (Å²) in [4.78, 5) is 43.2. The lowest BCUT2D eigenvalue weighted by Gasteiger charge is -2.48. The lowest BCUT2D eigenvalue weighted by molar-refractivity contribution is -0.159. The van der Waals surface area contributed by atoms with E-state index < -0.39 is 11.6 Å².